The summed E-state index contributed by atoms with van der Waals surface area (Å²) in [6, 6.07) is 12.7. The van der Waals surface area contributed by atoms with E-state index in [9.17, 15) is 9.18 Å². The van der Waals surface area contributed by atoms with Crippen LogP contribution in [0.3, 0.4) is 0 Å². The molecule has 0 radical (unpaired) electrons. The Labute approximate surface area is 114 Å². The van der Waals surface area contributed by atoms with E-state index < -0.39 is 11.7 Å². The van der Waals surface area contributed by atoms with Gasteiger partial charge in [-0.25, -0.2) is 9.82 Å². The zero-order valence-electron chi connectivity index (χ0n) is 9.81. The van der Waals surface area contributed by atoms with Crippen LogP contribution < -0.4 is 5.43 Å². The second kappa shape index (κ2) is 6.11. The minimum atomic E-state index is -0.601. The summed E-state index contributed by atoms with van der Waals surface area (Å²) >= 11 is 5.80. The van der Waals surface area contributed by atoms with Crippen LogP contribution >= 0.6 is 11.6 Å². The van der Waals surface area contributed by atoms with Crippen molar-refractivity contribution in [3.05, 3.63) is 70.5 Å². The van der Waals surface area contributed by atoms with Gasteiger partial charge >= 0.3 is 0 Å². The van der Waals surface area contributed by atoms with Gasteiger partial charge in [0.2, 0.25) is 0 Å². The number of halogens is 2. The van der Waals surface area contributed by atoms with Crippen LogP contribution in [0.5, 0.6) is 0 Å². The lowest BCUT2D eigenvalue weighted by atomic mass is 10.2. The molecule has 0 aliphatic heterocycles. The van der Waals surface area contributed by atoms with Crippen molar-refractivity contribution < 1.29 is 9.18 Å². The van der Waals surface area contributed by atoms with E-state index in [0.717, 1.165) is 5.56 Å². The topological polar surface area (TPSA) is 41.5 Å². The first kappa shape index (κ1) is 13.2. The van der Waals surface area contributed by atoms with Crippen LogP contribution in [0.15, 0.2) is 53.6 Å². The molecule has 0 bridgehead atoms. The molecule has 19 heavy (non-hydrogen) atoms. The van der Waals surface area contributed by atoms with E-state index in [2.05, 4.69) is 10.5 Å². The fourth-order valence-corrected chi connectivity index (χ4v) is 1.66. The second-order valence-electron chi connectivity index (χ2n) is 3.73. The zero-order chi connectivity index (χ0) is 13.7. The molecule has 0 atom stereocenters. The molecule has 0 aliphatic carbocycles. The molecule has 2 rings (SSSR count). The molecule has 0 aliphatic rings. The molecule has 5 heteroatoms. The third kappa shape index (κ3) is 3.63. The van der Waals surface area contributed by atoms with E-state index in [1.807, 2.05) is 0 Å². The predicted molar refractivity (Wildman–Crippen MR) is 72.9 cm³/mol. The van der Waals surface area contributed by atoms with Crippen molar-refractivity contribution in [1.82, 2.24) is 5.43 Å². The summed E-state index contributed by atoms with van der Waals surface area (Å²) in [6.45, 7) is 0. The number of carbonyl (C=O) groups is 1. The minimum absolute atomic E-state index is 0.0502. The first-order valence-corrected chi connectivity index (χ1v) is 5.88. The van der Waals surface area contributed by atoms with Gasteiger partial charge in [-0.3, -0.25) is 4.79 Å². The first-order valence-electron chi connectivity index (χ1n) is 5.50. The van der Waals surface area contributed by atoms with Crippen LogP contribution in [0, 0.1) is 5.82 Å². The summed E-state index contributed by atoms with van der Waals surface area (Å²) in [5.41, 5.74) is 2.94. The van der Waals surface area contributed by atoms with Crippen LogP contribution in [0.4, 0.5) is 4.39 Å². The van der Waals surface area contributed by atoms with E-state index in [0.29, 0.717) is 5.02 Å². The zero-order valence-corrected chi connectivity index (χ0v) is 10.6. The Bertz CT molecular complexity index is 628. The molecule has 0 unspecified atom stereocenters. The fourth-order valence-electron chi connectivity index (χ4n) is 1.46. The molecular formula is C14H10ClFN2O. The molecule has 0 heterocycles. The number of hydrogen-bond acceptors (Lipinski definition) is 2. The molecule has 2 aromatic rings. The maximum atomic E-state index is 13.3. The van der Waals surface area contributed by atoms with Crippen LogP contribution in [0.25, 0.3) is 0 Å². The number of carbonyl (C=O) groups excluding carboxylic acids is 1. The van der Waals surface area contributed by atoms with Crippen LogP contribution in [-0.4, -0.2) is 12.1 Å². The lowest BCUT2D eigenvalue weighted by molar-refractivity contribution is 0.0951. The van der Waals surface area contributed by atoms with Gasteiger partial charge in [0.05, 0.1) is 11.8 Å². The number of rotatable bonds is 3. The Hall–Kier alpha value is -2.20. The lowest BCUT2D eigenvalue weighted by Crippen LogP contribution is -2.18. The van der Waals surface area contributed by atoms with E-state index >= 15 is 0 Å². The molecule has 0 saturated heterocycles. The monoisotopic (exact) mass is 276 g/mol. The summed E-state index contributed by atoms with van der Waals surface area (Å²) in [5, 5.41) is 4.32. The number of benzene rings is 2. The highest BCUT2D eigenvalue weighted by Gasteiger charge is 2.08. The summed E-state index contributed by atoms with van der Waals surface area (Å²) in [4.78, 5) is 11.6. The number of nitrogens with zero attached hydrogens (tertiary/aromatic N) is 1. The third-order valence-corrected chi connectivity index (χ3v) is 2.58. The Kier molecular flexibility index (Phi) is 4.26. The molecular weight excluding hydrogens is 267 g/mol. The van der Waals surface area contributed by atoms with Crippen molar-refractivity contribution in [2.75, 3.05) is 0 Å². The van der Waals surface area contributed by atoms with E-state index in [1.165, 1.54) is 24.4 Å². The quantitative estimate of drug-likeness (QED) is 0.679. The highest BCUT2D eigenvalue weighted by atomic mass is 35.5. The summed E-state index contributed by atoms with van der Waals surface area (Å²) in [7, 11) is 0. The van der Waals surface area contributed by atoms with E-state index in [4.69, 9.17) is 11.6 Å². The minimum Gasteiger partial charge on any atom is -0.267 e. The maximum Gasteiger partial charge on any atom is 0.274 e. The molecule has 1 N–H and O–H groups in total. The van der Waals surface area contributed by atoms with Gasteiger partial charge in [0, 0.05) is 5.02 Å². The van der Waals surface area contributed by atoms with Crippen molar-refractivity contribution in [3.63, 3.8) is 0 Å². The highest BCUT2D eigenvalue weighted by Crippen LogP contribution is 2.09. The highest BCUT2D eigenvalue weighted by molar-refractivity contribution is 6.30. The van der Waals surface area contributed by atoms with Gasteiger partial charge in [0.1, 0.15) is 5.82 Å². The average molecular weight is 277 g/mol. The Morgan fingerprint density at radius 3 is 2.74 bits per heavy atom. The smallest absolute Gasteiger partial charge is 0.267 e. The van der Waals surface area contributed by atoms with Gasteiger partial charge in [-0.1, -0.05) is 35.9 Å². The van der Waals surface area contributed by atoms with Crippen LogP contribution in [0.2, 0.25) is 5.02 Å². The number of hydrazone groups is 1. The van der Waals surface area contributed by atoms with Gasteiger partial charge in [0.15, 0.2) is 0 Å². The number of hydrogen-bond donors (Lipinski definition) is 1. The summed E-state index contributed by atoms with van der Waals surface area (Å²) < 4.78 is 13.3. The largest absolute Gasteiger partial charge is 0.274 e. The normalized spacial score (nSPS) is 10.6. The molecule has 0 saturated carbocycles. The molecule has 2 aromatic carbocycles. The fraction of sp³-hybridized carbons (Fsp3) is 0. The third-order valence-electron chi connectivity index (χ3n) is 2.35. The standard InChI is InChI=1S/C14H10ClFN2O/c15-11-5-3-4-10(8-11)9-17-18-14(19)12-6-1-2-7-13(12)16/h1-9H,(H,18,19). The van der Waals surface area contributed by atoms with Gasteiger partial charge in [-0.2, -0.15) is 5.10 Å². The Morgan fingerprint density at radius 1 is 1.21 bits per heavy atom. The van der Waals surface area contributed by atoms with Gasteiger partial charge < -0.3 is 0 Å². The second-order valence-corrected chi connectivity index (χ2v) is 4.17. The van der Waals surface area contributed by atoms with Crippen molar-refractivity contribution in [1.29, 1.82) is 0 Å². The Balaban J connectivity index is 2.03. The maximum absolute atomic E-state index is 13.3. The van der Waals surface area contributed by atoms with Gasteiger partial charge in [-0.05, 0) is 29.8 Å². The van der Waals surface area contributed by atoms with Crippen molar-refractivity contribution in [2.24, 2.45) is 5.10 Å². The van der Waals surface area contributed by atoms with Crippen LogP contribution in [-0.2, 0) is 0 Å². The van der Waals surface area contributed by atoms with Crippen molar-refractivity contribution in [3.8, 4) is 0 Å². The van der Waals surface area contributed by atoms with Crippen molar-refractivity contribution in [2.45, 2.75) is 0 Å². The molecule has 0 fully saturated rings. The molecule has 0 aromatic heterocycles. The van der Waals surface area contributed by atoms with Crippen molar-refractivity contribution >= 4 is 23.7 Å². The molecule has 0 spiro atoms. The van der Waals surface area contributed by atoms with Gasteiger partial charge in [-0.15, -0.1) is 0 Å². The Morgan fingerprint density at radius 2 is 2.00 bits per heavy atom. The SMILES string of the molecule is O=C(NN=Cc1cccc(Cl)c1)c1ccccc1F. The lowest BCUT2D eigenvalue weighted by Gasteiger charge is -2.00. The number of amides is 1. The van der Waals surface area contributed by atoms with E-state index in [1.54, 1.807) is 30.3 Å². The predicted octanol–water partition coefficient (Wildman–Crippen LogP) is 3.24. The van der Waals surface area contributed by atoms with E-state index in [-0.39, 0.29) is 5.56 Å². The van der Waals surface area contributed by atoms with Crippen LogP contribution in [0.1, 0.15) is 15.9 Å². The summed E-state index contributed by atoms with van der Waals surface area (Å²) in [6.07, 6.45) is 1.44. The van der Waals surface area contributed by atoms with Gasteiger partial charge in [0.25, 0.3) is 5.91 Å². The molecule has 3 nitrogen and oxygen atoms in total. The molecule has 1 amide bonds. The first-order chi connectivity index (χ1) is 9.16. The average Bonchev–Trinajstić information content (AvgIpc) is 2.39. The summed E-state index contributed by atoms with van der Waals surface area (Å²) in [5.74, 6) is -1.19. The number of nitrogens with one attached hydrogen (secondary N) is 1. The molecule has 96 valence electrons.